The van der Waals surface area contributed by atoms with Crippen molar-refractivity contribution in [2.24, 2.45) is 5.14 Å². The first-order chi connectivity index (χ1) is 9.59. The summed E-state index contributed by atoms with van der Waals surface area (Å²) in [6, 6.07) is 2.53. The number of rotatable bonds is 4. The van der Waals surface area contributed by atoms with Crippen molar-refractivity contribution in [1.82, 2.24) is 9.97 Å². The summed E-state index contributed by atoms with van der Waals surface area (Å²) in [5.41, 5.74) is -0.534. The van der Waals surface area contributed by atoms with Crippen LogP contribution in [-0.4, -0.2) is 26.8 Å². The molecule has 0 spiro atoms. The number of nitrogens with two attached hydrogens (primary N) is 1. The Bertz CT molecular complexity index is 890. The van der Waals surface area contributed by atoms with Crippen molar-refractivity contribution >= 4 is 25.7 Å². The smallest absolute Gasteiger partial charge is 0.279 e. The van der Waals surface area contributed by atoms with Gasteiger partial charge in [0.2, 0.25) is 10.0 Å². The molecule has 8 nitrogen and oxygen atoms in total. The normalized spacial score (nSPS) is 12.3. The first kappa shape index (κ1) is 15.4. The predicted molar refractivity (Wildman–Crippen MR) is 71.9 cm³/mol. The second-order valence-electron chi connectivity index (χ2n) is 4.13. The lowest BCUT2D eigenvalue weighted by Gasteiger charge is -2.08. The molecule has 1 heterocycles. The molecule has 0 atom stereocenters. The van der Waals surface area contributed by atoms with E-state index < -0.39 is 36.4 Å². The molecule has 0 aliphatic carbocycles. The summed E-state index contributed by atoms with van der Waals surface area (Å²) < 4.78 is 61.9. The maximum absolute atomic E-state index is 13.6. The Labute approximate surface area is 120 Å². The number of H-pyrrole nitrogens is 1. The number of hydrogen-bond acceptors (Lipinski definition) is 5. The van der Waals surface area contributed by atoms with Crippen LogP contribution in [0.15, 0.2) is 34.3 Å². The Morgan fingerprint density at radius 1 is 1.29 bits per heavy atom. The maximum Gasteiger partial charge on any atom is 0.279 e. The molecule has 0 aliphatic rings. The molecule has 4 N–H and O–H groups in total. The van der Waals surface area contributed by atoms with Crippen LogP contribution < -0.4 is 9.86 Å². The molecule has 0 saturated carbocycles. The molecule has 2 rings (SSSR count). The number of sulfonamides is 2. The SMILES string of the molecule is Cc1ncc(S(=O)(=O)Nc2cc(S(N)(=O)=O)ccc2F)[nH]1. The molecule has 0 aliphatic heterocycles. The number of anilines is 1. The third-order valence-electron chi connectivity index (χ3n) is 2.48. The van der Waals surface area contributed by atoms with Crippen LogP contribution in [0.4, 0.5) is 10.1 Å². The van der Waals surface area contributed by atoms with Crippen LogP contribution in [0.2, 0.25) is 0 Å². The minimum absolute atomic E-state index is 0.277. The number of primary sulfonamides is 1. The lowest BCUT2D eigenvalue weighted by atomic mass is 10.3. The van der Waals surface area contributed by atoms with Crippen molar-refractivity contribution in [3.8, 4) is 0 Å². The Morgan fingerprint density at radius 2 is 1.95 bits per heavy atom. The van der Waals surface area contributed by atoms with E-state index in [0.717, 1.165) is 24.4 Å². The number of benzene rings is 1. The zero-order chi connectivity index (χ0) is 15.8. The minimum atomic E-state index is -4.12. The van der Waals surface area contributed by atoms with E-state index >= 15 is 0 Å². The third-order valence-corrected chi connectivity index (χ3v) is 4.67. The molecule has 0 fully saturated rings. The van der Waals surface area contributed by atoms with Gasteiger partial charge in [0.1, 0.15) is 11.6 Å². The quantitative estimate of drug-likeness (QED) is 0.739. The van der Waals surface area contributed by atoms with Crippen LogP contribution in [0.5, 0.6) is 0 Å². The molecule has 21 heavy (non-hydrogen) atoms. The summed E-state index contributed by atoms with van der Waals surface area (Å²) in [6.07, 6.45) is 1.05. The summed E-state index contributed by atoms with van der Waals surface area (Å²) in [6.45, 7) is 1.54. The molecule has 0 bridgehead atoms. The predicted octanol–water partition coefficient (Wildman–Crippen LogP) is 0.305. The van der Waals surface area contributed by atoms with Gasteiger partial charge in [0.15, 0.2) is 5.03 Å². The fourth-order valence-corrected chi connectivity index (χ4v) is 3.06. The first-order valence-electron chi connectivity index (χ1n) is 5.46. The standard InChI is InChI=1S/C10H11FN4O4S2/c1-6-13-5-10(14-6)21(18,19)15-9-4-7(20(12,16)17)2-3-8(9)11/h2-5,15H,1H3,(H,13,14)(H2,12,16,17). The summed E-state index contributed by atoms with van der Waals surface area (Å²) in [7, 11) is -8.20. The number of nitrogens with one attached hydrogen (secondary N) is 2. The number of hydrogen-bond donors (Lipinski definition) is 3. The van der Waals surface area contributed by atoms with E-state index in [2.05, 4.69) is 9.97 Å². The van der Waals surface area contributed by atoms with Crippen molar-refractivity contribution in [3.05, 3.63) is 36.0 Å². The highest BCUT2D eigenvalue weighted by atomic mass is 32.2. The van der Waals surface area contributed by atoms with Crippen LogP contribution in [0.25, 0.3) is 0 Å². The van der Waals surface area contributed by atoms with Gasteiger partial charge in [-0.15, -0.1) is 0 Å². The van der Waals surface area contributed by atoms with Crippen molar-refractivity contribution in [2.45, 2.75) is 16.8 Å². The minimum Gasteiger partial charge on any atom is -0.332 e. The van der Waals surface area contributed by atoms with E-state index in [4.69, 9.17) is 5.14 Å². The molecule has 0 saturated heterocycles. The summed E-state index contributed by atoms with van der Waals surface area (Å²) in [5, 5.41) is 4.63. The van der Waals surface area contributed by atoms with Crippen molar-refractivity contribution in [1.29, 1.82) is 0 Å². The summed E-state index contributed by atoms with van der Waals surface area (Å²) in [4.78, 5) is 5.78. The van der Waals surface area contributed by atoms with Crippen molar-refractivity contribution in [2.75, 3.05) is 4.72 Å². The van der Waals surface area contributed by atoms with Crippen molar-refractivity contribution < 1.29 is 21.2 Å². The van der Waals surface area contributed by atoms with Gasteiger partial charge < -0.3 is 4.98 Å². The molecule has 0 amide bonds. The van der Waals surface area contributed by atoms with Crippen LogP contribution in [0, 0.1) is 12.7 Å². The Hall–Kier alpha value is -1.98. The van der Waals surface area contributed by atoms with Gasteiger partial charge in [0.25, 0.3) is 10.0 Å². The van der Waals surface area contributed by atoms with Crippen LogP contribution >= 0.6 is 0 Å². The number of aromatic amines is 1. The average molecular weight is 334 g/mol. The summed E-state index contributed by atoms with van der Waals surface area (Å²) >= 11 is 0. The highest BCUT2D eigenvalue weighted by molar-refractivity contribution is 7.92. The Morgan fingerprint density at radius 3 is 2.48 bits per heavy atom. The first-order valence-corrected chi connectivity index (χ1v) is 8.49. The van der Waals surface area contributed by atoms with E-state index in [-0.39, 0.29) is 5.03 Å². The van der Waals surface area contributed by atoms with Gasteiger partial charge in [-0.1, -0.05) is 0 Å². The monoisotopic (exact) mass is 334 g/mol. The van der Waals surface area contributed by atoms with Gasteiger partial charge >= 0.3 is 0 Å². The van der Waals surface area contributed by atoms with Gasteiger partial charge in [0, 0.05) is 0 Å². The fourth-order valence-electron chi connectivity index (χ4n) is 1.49. The zero-order valence-electron chi connectivity index (χ0n) is 10.7. The van der Waals surface area contributed by atoms with E-state index in [1.165, 1.54) is 0 Å². The van der Waals surface area contributed by atoms with Crippen LogP contribution in [0.1, 0.15) is 5.82 Å². The lowest BCUT2D eigenvalue weighted by molar-refractivity contribution is 0.592. The molecular formula is C10H11FN4O4S2. The second kappa shape index (κ2) is 5.09. The molecule has 11 heteroatoms. The zero-order valence-corrected chi connectivity index (χ0v) is 12.3. The second-order valence-corrected chi connectivity index (χ2v) is 7.34. The van der Waals surface area contributed by atoms with Gasteiger partial charge in [0.05, 0.1) is 16.8 Å². The third kappa shape index (κ3) is 3.37. The number of aryl methyl sites for hydroxylation is 1. The molecule has 2 aromatic rings. The number of nitrogens with zero attached hydrogens (tertiary/aromatic N) is 1. The largest absolute Gasteiger partial charge is 0.332 e. The Balaban J connectivity index is 2.44. The molecular weight excluding hydrogens is 323 g/mol. The van der Waals surface area contributed by atoms with E-state index in [1.54, 1.807) is 6.92 Å². The maximum atomic E-state index is 13.6. The van der Waals surface area contributed by atoms with Gasteiger partial charge in [-0.2, -0.15) is 8.42 Å². The molecule has 0 radical (unpaired) electrons. The number of halogens is 1. The van der Waals surface area contributed by atoms with Crippen molar-refractivity contribution in [3.63, 3.8) is 0 Å². The highest BCUT2D eigenvalue weighted by Crippen LogP contribution is 2.21. The van der Waals surface area contributed by atoms with Gasteiger partial charge in [-0.05, 0) is 25.1 Å². The van der Waals surface area contributed by atoms with Gasteiger partial charge in [-0.25, -0.2) is 22.9 Å². The Kier molecular flexibility index (Phi) is 3.74. The van der Waals surface area contributed by atoms with E-state index in [9.17, 15) is 21.2 Å². The summed E-state index contributed by atoms with van der Waals surface area (Å²) in [5.74, 6) is -0.587. The highest BCUT2D eigenvalue weighted by Gasteiger charge is 2.20. The van der Waals surface area contributed by atoms with Crippen LogP contribution in [-0.2, 0) is 20.0 Å². The van der Waals surface area contributed by atoms with E-state index in [1.807, 2.05) is 4.72 Å². The van der Waals surface area contributed by atoms with Crippen LogP contribution in [0.3, 0.4) is 0 Å². The molecule has 1 aromatic carbocycles. The topological polar surface area (TPSA) is 135 Å². The molecule has 1 aromatic heterocycles. The van der Waals surface area contributed by atoms with E-state index in [0.29, 0.717) is 5.82 Å². The average Bonchev–Trinajstić information content (AvgIpc) is 2.78. The van der Waals surface area contributed by atoms with Gasteiger partial charge in [-0.3, -0.25) is 4.72 Å². The number of imidazole rings is 1. The molecule has 0 unspecified atom stereocenters. The molecule has 114 valence electrons. The lowest BCUT2D eigenvalue weighted by Crippen LogP contribution is -2.16. The fraction of sp³-hybridized carbons (Fsp3) is 0.100. The number of aromatic nitrogens is 2.